The van der Waals surface area contributed by atoms with Gasteiger partial charge in [-0.25, -0.2) is 4.79 Å². The van der Waals surface area contributed by atoms with Gasteiger partial charge < -0.3 is 19.9 Å². The summed E-state index contributed by atoms with van der Waals surface area (Å²) in [6, 6.07) is 4.42. The van der Waals surface area contributed by atoms with E-state index in [1.54, 1.807) is 0 Å². The van der Waals surface area contributed by atoms with E-state index in [1.165, 1.54) is 0 Å². The van der Waals surface area contributed by atoms with Gasteiger partial charge >= 0.3 is 6.03 Å². The average molecular weight is 263 g/mol. The molecule has 0 aliphatic carbocycles. The Kier molecular flexibility index (Phi) is 3.46. The fourth-order valence-electron chi connectivity index (χ4n) is 3.05. The Labute approximate surface area is 113 Å². The number of amides is 2. The van der Waals surface area contributed by atoms with Gasteiger partial charge in [-0.2, -0.15) is 0 Å². The molecule has 5 heteroatoms. The molecule has 2 saturated heterocycles. The molecule has 2 aliphatic rings. The second-order valence-corrected chi connectivity index (χ2v) is 5.40. The second-order valence-electron chi connectivity index (χ2n) is 5.40. The molecule has 0 saturated carbocycles. The first kappa shape index (κ1) is 12.5. The highest BCUT2D eigenvalue weighted by molar-refractivity contribution is 5.75. The Morgan fingerprint density at radius 1 is 1.53 bits per heavy atom. The van der Waals surface area contributed by atoms with Crippen LogP contribution >= 0.6 is 0 Å². The van der Waals surface area contributed by atoms with Crippen LogP contribution in [0.3, 0.4) is 0 Å². The number of ether oxygens (including phenoxy) is 1. The molecular weight excluding hydrogens is 242 g/mol. The number of urea groups is 1. The van der Waals surface area contributed by atoms with Crippen molar-refractivity contribution in [3.8, 4) is 0 Å². The Bertz CT molecular complexity index is 432. The average Bonchev–Trinajstić information content (AvgIpc) is 3.09. The molecule has 1 aromatic rings. The van der Waals surface area contributed by atoms with Crippen LogP contribution in [0.1, 0.15) is 37.9 Å². The molecule has 0 bridgehead atoms. The lowest BCUT2D eigenvalue weighted by Crippen LogP contribution is -2.46. The van der Waals surface area contributed by atoms with Gasteiger partial charge in [0.2, 0.25) is 0 Å². The van der Waals surface area contributed by atoms with Gasteiger partial charge in [-0.3, -0.25) is 0 Å². The molecule has 0 aromatic carbocycles. The van der Waals surface area contributed by atoms with Crippen LogP contribution in [0.25, 0.3) is 0 Å². The Balaban J connectivity index is 1.65. The monoisotopic (exact) mass is 263 g/mol. The van der Waals surface area contributed by atoms with Crippen molar-refractivity contribution in [2.24, 2.45) is 0 Å². The van der Waals surface area contributed by atoms with Crippen molar-refractivity contribution in [3.05, 3.63) is 24.0 Å². The van der Waals surface area contributed by atoms with E-state index in [4.69, 9.17) is 4.74 Å². The number of carbonyl (C=O) groups excluding carboxylic acids is 1. The normalized spacial score (nSPS) is 30.8. The second kappa shape index (κ2) is 5.25. The van der Waals surface area contributed by atoms with E-state index in [0.29, 0.717) is 0 Å². The van der Waals surface area contributed by atoms with Gasteiger partial charge in [-0.15, -0.1) is 0 Å². The van der Waals surface area contributed by atoms with Crippen molar-refractivity contribution in [2.45, 2.75) is 44.4 Å². The Hall–Kier alpha value is -1.49. The van der Waals surface area contributed by atoms with Crippen molar-refractivity contribution < 1.29 is 9.53 Å². The van der Waals surface area contributed by atoms with E-state index in [1.807, 2.05) is 24.1 Å². The van der Waals surface area contributed by atoms with Crippen LogP contribution in [-0.2, 0) is 4.74 Å². The van der Waals surface area contributed by atoms with E-state index < -0.39 is 0 Å². The number of likely N-dealkylation sites (tertiary alicyclic amines) is 1. The molecule has 1 aromatic heterocycles. The number of nitrogens with zero attached hydrogens (tertiary/aromatic N) is 1. The van der Waals surface area contributed by atoms with Crippen molar-refractivity contribution in [2.75, 3.05) is 13.2 Å². The number of H-pyrrole nitrogens is 1. The van der Waals surface area contributed by atoms with Crippen molar-refractivity contribution in [1.82, 2.24) is 15.2 Å². The fraction of sp³-hybridized carbons (Fsp3) is 0.643. The minimum absolute atomic E-state index is 0.0412. The van der Waals surface area contributed by atoms with Crippen LogP contribution < -0.4 is 5.32 Å². The standard InChI is InChI=1S/C14H21N3O2/c1-10-11(6-9-19-10)16-14(18)17-8-3-5-13(17)12-4-2-7-15-12/h2,4,7,10-11,13,15H,3,5-6,8-9H2,1H3,(H,16,18)/t10-,11-,13+/m0/s1. The lowest BCUT2D eigenvalue weighted by atomic mass is 10.1. The first-order valence-electron chi connectivity index (χ1n) is 7.08. The summed E-state index contributed by atoms with van der Waals surface area (Å²) in [5.41, 5.74) is 1.13. The predicted octanol–water partition coefficient (Wildman–Crippen LogP) is 2.04. The minimum Gasteiger partial charge on any atom is -0.376 e. The SMILES string of the molecule is C[C@@H]1OCC[C@@H]1NC(=O)N1CCC[C@@H]1c1ccc[nH]1. The highest BCUT2D eigenvalue weighted by Crippen LogP contribution is 2.31. The summed E-state index contributed by atoms with van der Waals surface area (Å²) in [6.45, 7) is 3.59. The maximum absolute atomic E-state index is 12.4. The number of aromatic nitrogens is 1. The molecule has 2 N–H and O–H groups in total. The van der Waals surface area contributed by atoms with Crippen molar-refractivity contribution in [1.29, 1.82) is 0 Å². The van der Waals surface area contributed by atoms with Gasteiger partial charge in [0.15, 0.2) is 0 Å². The zero-order valence-electron chi connectivity index (χ0n) is 11.3. The lowest BCUT2D eigenvalue weighted by Gasteiger charge is -2.27. The van der Waals surface area contributed by atoms with Crippen LogP contribution in [0.2, 0.25) is 0 Å². The van der Waals surface area contributed by atoms with Gasteiger partial charge in [0, 0.05) is 25.0 Å². The number of hydrogen-bond acceptors (Lipinski definition) is 2. The largest absolute Gasteiger partial charge is 0.376 e. The van der Waals surface area contributed by atoms with E-state index in [2.05, 4.69) is 16.4 Å². The summed E-state index contributed by atoms with van der Waals surface area (Å²) < 4.78 is 5.49. The van der Waals surface area contributed by atoms with Crippen molar-refractivity contribution in [3.63, 3.8) is 0 Å². The van der Waals surface area contributed by atoms with Gasteiger partial charge in [-0.1, -0.05) is 0 Å². The summed E-state index contributed by atoms with van der Waals surface area (Å²) in [5, 5.41) is 3.11. The zero-order chi connectivity index (χ0) is 13.2. The first-order valence-corrected chi connectivity index (χ1v) is 7.08. The zero-order valence-corrected chi connectivity index (χ0v) is 11.3. The molecule has 3 atom stereocenters. The molecule has 2 amide bonds. The molecule has 0 unspecified atom stereocenters. The number of rotatable bonds is 2. The van der Waals surface area contributed by atoms with Gasteiger partial charge in [0.05, 0.1) is 18.2 Å². The Morgan fingerprint density at radius 3 is 3.11 bits per heavy atom. The molecule has 104 valence electrons. The van der Waals surface area contributed by atoms with Crippen LogP contribution in [0.4, 0.5) is 4.79 Å². The predicted molar refractivity (Wildman–Crippen MR) is 71.8 cm³/mol. The number of carbonyl (C=O) groups is 1. The lowest BCUT2D eigenvalue weighted by molar-refractivity contribution is 0.111. The topological polar surface area (TPSA) is 57.4 Å². The third-order valence-corrected chi connectivity index (χ3v) is 4.18. The Morgan fingerprint density at radius 2 is 2.42 bits per heavy atom. The summed E-state index contributed by atoms with van der Waals surface area (Å²) in [7, 11) is 0. The van der Waals surface area contributed by atoms with Crippen LogP contribution in [-0.4, -0.2) is 41.2 Å². The van der Waals surface area contributed by atoms with E-state index >= 15 is 0 Å². The fourth-order valence-corrected chi connectivity index (χ4v) is 3.05. The molecule has 0 spiro atoms. The third kappa shape index (κ3) is 2.47. The summed E-state index contributed by atoms with van der Waals surface area (Å²) >= 11 is 0. The first-order chi connectivity index (χ1) is 9.25. The number of aromatic amines is 1. The van der Waals surface area contributed by atoms with Crippen LogP contribution in [0, 0.1) is 0 Å². The summed E-state index contributed by atoms with van der Waals surface area (Å²) in [4.78, 5) is 17.6. The minimum atomic E-state index is 0.0412. The molecule has 19 heavy (non-hydrogen) atoms. The van der Waals surface area contributed by atoms with Gasteiger partial charge in [0.1, 0.15) is 0 Å². The third-order valence-electron chi connectivity index (χ3n) is 4.18. The molecule has 2 fully saturated rings. The summed E-state index contributed by atoms with van der Waals surface area (Å²) in [5.74, 6) is 0. The highest BCUT2D eigenvalue weighted by atomic mass is 16.5. The van der Waals surface area contributed by atoms with E-state index in [-0.39, 0.29) is 24.2 Å². The van der Waals surface area contributed by atoms with E-state index in [0.717, 1.165) is 38.1 Å². The van der Waals surface area contributed by atoms with E-state index in [9.17, 15) is 4.79 Å². The van der Waals surface area contributed by atoms with Gasteiger partial charge in [0.25, 0.3) is 0 Å². The molecule has 2 aliphatic heterocycles. The molecule has 3 heterocycles. The number of hydrogen-bond donors (Lipinski definition) is 2. The number of nitrogens with one attached hydrogen (secondary N) is 2. The van der Waals surface area contributed by atoms with Crippen molar-refractivity contribution >= 4 is 6.03 Å². The van der Waals surface area contributed by atoms with Crippen LogP contribution in [0.5, 0.6) is 0 Å². The molecule has 5 nitrogen and oxygen atoms in total. The highest BCUT2D eigenvalue weighted by Gasteiger charge is 2.33. The smallest absolute Gasteiger partial charge is 0.318 e. The van der Waals surface area contributed by atoms with Gasteiger partial charge in [-0.05, 0) is 38.3 Å². The summed E-state index contributed by atoms with van der Waals surface area (Å²) in [6.07, 6.45) is 5.04. The maximum Gasteiger partial charge on any atom is 0.318 e. The molecular formula is C14H21N3O2. The quantitative estimate of drug-likeness (QED) is 0.858. The maximum atomic E-state index is 12.4. The molecule has 3 rings (SSSR count). The van der Waals surface area contributed by atoms with Crippen LogP contribution in [0.15, 0.2) is 18.3 Å². The molecule has 0 radical (unpaired) electrons.